The van der Waals surface area contributed by atoms with Gasteiger partial charge in [-0.2, -0.15) is 10.2 Å². The maximum absolute atomic E-state index is 12.5. The number of aliphatic hydroxyl groups is 2. The number of β-amino-alcohol motifs (C(OH)–C–C–N with tert-alkyl or cyclic N) is 1. The number of aliphatic hydroxyl groups excluding tert-OH is 1. The Labute approximate surface area is 211 Å². The van der Waals surface area contributed by atoms with Gasteiger partial charge in [-0.05, 0) is 11.6 Å². The zero-order valence-electron chi connectivity index (χ0n) is 20.0. The molecule has 12 nitrogen and oxygen atoms in total. The van der Waals surface area contributed by atoms with Crippen molar-refractivity contribution in [2.24, 2.45) is 7.05 Å². The van der Waals surface area contributed by atoms with Crippen LogP contribution in [0, 0.1) is 0 Å². The second kappa shape index (κ2) is 9.56. The number of hydrogen-bond acceptors (Lipinski definition) is 8. The first kappa shape index (κ1) is 24.3. The number of aryl methyl sites for hydroxylation is 1. The van der Waals surface area contributed by atoms with Crippen molar-refractivity contribution in [2.75, 3.05) is 13.1 Å². The lowest BCUT2D eigenvalue weighted by Gasteiger charge is -2.40. The maximum Gasteiger partial charge on any atom is 0.407 e. The Bertz CT molecular complexity index is 1500. The standard InChI is InChI=1S/C25H25N7O5/c1-30-14-19(13-28-30)32-7-5-21(33)20(29-32)10-16-3-2-4-17(9-16)23-26-11-18(12-27-23)25(37)6-8-31(24(35)36)15-22(25)34/h2-5,7,9,11-14,22,34,37H,6,8,10,15H2,1H3,(H,35,36)/t22-,25+/m0/s1. The minimum absolute atomic E-state index is 0.0271. The summed E-state index contributed by atoms with van der Waals surface area (Å²) < 4.78 is 3.26. The molecule has 1 fully saturated rings. The van der Waals surface area contributed by atoms with Gasteiger partial charge in [0.15, 0.2) is 5.82 Å². The van der Waals surface area contributed by atoms with Gasteiger partial charge in [0.2, 0.25) is 5.43 Å². The zero-order valence-corrected chi connectivity index (χ0v) is 20.0. The molecular formula is C25H25N7O5. The van der Waals surface area contributed by atoms with Crippen LogP contribution >= 0.6 is 0 Å². The van der Waals surface area contributed by atoms with Crippen molar-refractivity contribution in [2.45, 2.75) is 24.5 Å². The number of carbonyl (C=O) groups is 1. The molecular weight excluding hydrogens is 478 g/mol. The smallest absolute Gasteiger partial charge is 0.407 e. The number of nitrogens with zero attached hydrogens (tertiary/aromatic N) is 7. The number of piperidine rings is 1. The molecule has 1 amide bonds. The van der Waals surface area contributed by atoms with Crippen LogP contribution in [-0.2, 0) is 19.1 Å². The Balaban J connectivity index is 1.36. The molecule has 0 spiro atoms. The van der Waals surface area contributed by atoms with E-state index >= 15 is 0 Å². The Kier molecular flexibility index (Phi) is 6.27. The van der Waals surface area contributed by atoms with Crippen molar-refractivity contribution in [3.8, 4) is 17.1 Å². The number of rotatable bonds is 5. The first-order valence-electron chi connectivity index (χ1n) is 11.6. The van der Waals surface area contributed by atoms with Crippen LogP contribution in [0.25, 0.3) is 17.1 Å². The van der Waals surface area contributed by atoms with Crippen molar-refractivity contribution >= 4 is 6.09 Å². The largest absolute Gasteiger partial charge is 0.465 e. The second-order valence-electron chi connectivity index (χ2n) is 9.03. The summed E-state index contributed by atoms with van der Waals surface area (Å²) in [6, 6.07) is 8.90. The van der Waals surface area contributed by atoms with E-state index in [1.807, 2.05) is 24.3 Å². The van der Waals surface area contributed by atoms with Crippen LogP contribution in [0.5, 0.6) is 0 Å². The molecule has 0 aliphatic carbocycles. The fraction of sp³-hybridized carbons (Fsp3) is 0.280. The summed E-state index contributed by atoms with van der Waals surface area (Å²) in [4.78, 5) is 33.5. The molecule has 0 radical (unpaired) electrons. The topological polar surface area (TPSA) is 159 Å². The zero-order chi connectivity index (χ0) is 26.2. The third kappa shape index (κ3) is 4.84. The summed E-state index contributed by atoms with van der Waals surface area (Å²) in [6.45, 7) is -0.117. The van der Waals surface area contributed by atoms with Gasteiger partial charge in [-0.3, -0.25) is 9.48 Å². The lowest BCUT2D eigenvalue weighted by molar-refractivity contribution is -0.119. The normalized spacial score (nSPS) is 19.6. The van der Waals surface area contributed by atoms with E-state index in [9.17, 15) is 19.8 Å². The van der Waals surface area contributed by atoms with Gasteiger partial charge in [-0.25, -0.2) is 19.4 Å². The fourth-order valence-corrected chi connectivity index (χ4v) is 4.39. The van der Waals surface area contributed by atoms with Gasteiger partial charge < -0.3 is 20.2 Å². The Morgan fingerprint density at radius 2 is 1.97 bits per heavy atom. The molecule has 4 aromatic rings. The molecule has 0 unspecified atom stereocenters. The average Bonchev–Trinajstić information content (AvgIpc) is 3.33. The SMILES string of the molecule is Cn1cc(-n2ccc(=O)c(Cc3cccc(-c4ncc([C@]5(O)CCN(C(=O)O)C[C@@H]5O)cn4)c3)n2)cn1. The Morgan fingerprint density at radius 1 is 1.19 bits per heavy atom. The van der Waals surface area contributed by atoms with Crippen molar-refractivity contribution < 1.29 is 20.1 Å². The highest BCUT2D eigenvalue weighted by Crippen LogP contribution is 2.33. The minimum Gasteiger partial charge on any atom is -0.465 e. The molecule has 3 N–H and O–H groups in total. The molecule has 190 valence electrons. The molecule has 4 heterocycles. The predicted octanol–water partition coefficient (Wildman–Crippen LogP) is 0.946. The highest BCUT2D eigenvalue weighted by molar-refractivity contribution is 5.65. The van der Waals surface area contributed by atoms with E-state index in [1.165, 1.54) is 18.5 Å². The molecule has 2 atom stereocenters. The number of hydrogen-bond donors (Lipinski definition) is 3. The maximum atomic E-state index is 12.5. The molecule has 12 heteroatoms. The summed E-state index contributed by atoms with van der Waals surface area (Å²) >= 11 is 0. The number of aromatic nitrogens is 6. The molecule has 5 rings (SSSR count). The van der Waals surface area contributed by atoms with Crippen LogP contribution in [0.3, 0.4) is 0 Å². The molecule has 1 saturated heterocycles. The molecule has 1 aliphatic heterocycles. The van der Waals surface area contributed by atoms with Gasteiger partial charge in [0.05, 0.1) is 18.9 Å². The first-order chi connectivity index (χ1) is 17.7. The van der Waals surface area contributed by atoms with E-state index in [1.54, 1.807) is 35.0 Å². The van der Waals surface area contributed by atoms with Crippen LogP contribution in [0.2, 0.25) is 0 Å². The summed E-state index contributed by atoms with van der Waals surface area (Å²) in [6.07, 6.45) is 5.84. The molecule has 37 heavy (non-hydrogen) atoms. The van der Waals surface area contributed by atoms with Crippen LogP contribution in [0.4, 0.5) is 4.79 Å². The number of likely N-dealkylation sites (tertiary alicyclic amines) is 1. The van der Waals surface area contributed by atoms with Crippen molar-refractivity contribution in [1.82, 2.24) is 34.4 Å². The molecule has 3 aromatic heterocycles. The molecule has 0 saturated carbocycles. The number of amides is 1. The Hall–Kier alpha value is -4.42. The summed E-state index contributed by atoms with van der Waals surface area (Å²) in [5.41, 5.74) is 1.17. The fourth-order valence-electron chi connectivity index (χ4n) is 4.39. The van der Waals surface area contributed by atoms with E-state index in [0.717, 1.165) is 16.2 Å². The van der Waals surface area contributed by atoms with Gasteiger partial charge in [0.25, 0.3) is 0 Å². The average molecular weight is 504 g/mol. The van der Waals surface area contributed by atoms with E-state index in [-0.39, 0.29) is 24.9 Å². The second-order valence-corrected chi connectivity index (χ2v) is 9.03. The third-order valence-electron chi connectivity index (χ3n) is 6.52. The van der Waals surface area contributed by atoms with Gasteiger partial charge in [-0.1, -0.05) is 18.2 Å². The van der Waals surface area contributed by atoms with Gasteiger partial charge >= 0.3 is 6.09 Å². The van der Waals surface area contributed by atoms with E-state index < -0.39 is 17.8 Å². The molecule has 1 aliphatic rings. The van der Waals surface area contributed by atoms with E-state index in [0.29, 0.717) is 29.1 Å². The van der Waals surface area contributed by atoms with E-state index in [2.05, 4.69) is 20.2 Å². The van der Waals surface area contributed by atoms with Crippen LogP contribution in [0.1, 0.15) is 23.2 Å². The summed E-state index contributed by atoms with van der Waals surface area (Å²) in [5.74, 6) is 0.403. The minimum atomic E-state index is -1.64. The highest BCUT2D eigenvalue weighted by atomic mass is 16.4. The van der Waals surface area contributed by atoms with Gasteiger partial charge in [-0.15, -0.1) is 0 Å². The third-order valence-corrected chi connectivity index (χ3v) is 6.52. The lowest BCUT2D eigenvalue weighted by Crippen LogP contribution is -2.54. The van der Waals surface area contributed by atoms with Gasteiger partial charge in [0.1, 0.15) is 23.1 Å². The number of benzene rings is 1. The Morgan fingerprint density at radius 3 is 2.65 bits per heavy atom. The van der Waals surface area contributed by atoms with Crippen LogP contribution in [0.15, 0.2) is 66.1 Å². The molecule has 0 bridgehead atoms. The monoisotopic (exact) mass is 503 g/mol. The van der Waals surface area contributed by atoms with E-state index in [4.69, 9.17) is 5.11 Å². The summed E-state index contributed by atoms with van der Waals surface area (Å²) in [5, 5.41) is 39.2. The quantitative estimate of drug-likeness (QED) is 0.360. The summed E-state index contributed by atoms with van der Waals surface area (Å²) in [7, 11) is 1.80. The highest BCUT2D eigenvalue weighted by Gasteiger charge is 2.43. The van der Waals surface area contributed by atoms with Crippen molar-refractivity contribution in [3.63, 3.8) is 0 Å². The van der Waals surface area contributed by atoms with Crippen molar-refractivity contribution in [1.29, 1.82) is 0 Å². The lowest BCUT2D eigenvalue weighted by atomic mass is 9.83. The number of carboxylic acid groups (broad SMARTS) is 1. The first-order valence-corrected chi connectivity index (χ1v) is 11.6. The van der Waals surface area contributed by atoms with Gasteiger partial charge in [0, 0.05) is 62.2 Å². The van der Waals surface area contributed by atoms with Crippen molar-refractivity contribution in [3.05, 3.63) is 88.4 Å². The van der Waals surface area contributed by atoms with Crippen LogP contribution < -0.4 is 5.43 Å². The van der Waals surface area contributed by atoms with Crippen LogP contribution in [-0.4, -0.2) is 75.0 Å². The molecule has 1 aromatic carbocycles. The predicted molar refractivity (Wildman–Crippen MR) is 131 cm³/mol.